The standard InChI is InChI=1S/C18H23N3O4S/c22-16-11-21(10-9-19-16)26(24,25)13-7-5-12(6-8-13)18(23)20-17-14-3-1-2-4-15(14)17/h5-8,14-15,17H,1-4,9-11H2,(H,19,22)(H,20,23). The van der Waals surface area contributed by atoms with E-state index in [0.717, 1.165) is 4.31 Å². The molecule has 8 heteroatoms. The predicted octanol–water partition coefficient (Wildman–Crippen LogP) is 0.725. The lowest BCUT2D eigenvalue weighted by Gasteiger charge is -2.25. The smallest absolute Gasteiger partial charge is 0.251 e. The normalized spacial score (nSPS) is 28.8. The molecule has 1 heterocycles. The Bertz CT molecular complexity index is 809. The van der Waals surface area contributed by atoms with Crippen molar-refractivity contribution in [2.24, 2.45) is 11.8 Å². The van der Waals surface area contributed by atoms with Crippen molar-refractivity contribution in [3.8, 4) is 0 Å². The number of carbonyl (C=O) groups is 2. The third-order valence-electron chi connectivity index (χ3n) is 5.71. The van der Waals surface area contributed by atoms with Gasteiger partial charge in [-0.1, -0.05) is 12.8 Å². The van der Waals surface area contributed by atoms with Crippen LogP contribution in [0.3, 0.4) is 0 Å². The summed E-state index contributed by atoms with van der Waals surface area (Å²) in [5, 5.41) is 5.69. The molecule has 0 radical (unpaired) electrons. The number of amides is 2. The zero-order valence-corrected chi connectivity index (χ0v) is 15.3. The van der Waals surface area contributed by atoms with Crippen LogP contribution in [-0.4, -0.2) is 50.2 Å². The van der Waals surface area contributed by atoms with Gasteiger partial charge >= 0.3 is 0 Å². The number of hydrogen-bond acceptors (Lipinski definition) is 4. The molecule has 0 spiro atoms. The van der Waals surface area contributed by atoms with Crippen molar-refractivity contribution in [1.82, 2.24) is 14.9 Å². The minimum atomic E-state index is -3.72. The van der Waals surface area contributed by atoms with Gasteiger partial charge in [-0.3, -0.25) is 9.59 Å². The van der Waals surface area contributed by atoms with E-state index in [0.29, 0.717) is 23.9 Å². The lowest BCUT2D eigenvalue weighted by molar-refractivity contribution is -0.122. The number of hydrogen-bond donors (Lipinski definition) is 2. The summed E-state index contributed by atoms with van der Waals surface area (Å²) in [6, 6.07) is 6.24. The van der Waals surface area contributed by atoms with Crippen molar-refractivity contribution in [2.45, 2.75) is 36.6 Å². The predicted molar refractivity (Wildman–Crippen MR) is 94.9 cm³/mol. The van der Waals surface area contributed by atoms with E-state index in [1.165, 1.54) is 49.9 Å². The van der Waals surface area contributed by atoms with Gasteiger partial charge in [0.15, 0.2) is 0 Å². The SMILES string of the molecule is O=C1CN(S(=O)(=O)c2ccc(C(=O)NC3C4CCCCC43)cc2)CCN1. The van der Waals surface area contributed by atoms with E-state index in [1.807, 2.05) is 0 Å². The second-order valence-corrected chi connectivity index (χ2v) is 9.26. The van der Waals surface area contributed by atoms with Crippen LogP contribution in [0.1, 0.15) is 36.0 Å². The summed E-state index contributed by atoms with van der Waals surface area (Å²) in [4.78, 5) is 24.0. The second-order valence-electron chi connectivity index (χ2n) is 7.32. The van der Waals surface area contributed by atoms with Crippen LogP contribution in [0.25, 0.3) is 0 Å². The maximum absolute atomic E-state index is 12.6. The van der Waals surface area contributed by atoms with Crippen molar-refractivity contribution in [3.05, 3.63) is 29.8 Å². The summed E-state index contributed by atoms with van der Waals surface area (Å²) in [7, 11) is -3.72. The number of nitrogens with one attached hydrogen (secondary N) is 2. The van der Waals surface area contributed by atoms with Crippen molar-refractivity contribution in [3.63, 3.8) is 0 Å². The molecule has 1 aromatic carbocycles. The molecule has 1 aliphatic heterocycles. The van der Waals surface area contributed by atoms with Crippen molar-refractivity contribution >= 4 is 21.8 Å². The Morgan fingerprint density at radius 2 is 1.77 bits per heavy atom. The van der Waals surface area contributed by atoms with E-state index in [-0.39, 0.29) is 35.8 Å². The molecule has 2 aliphatic carbocycles. The highest BCUT2D eigenvalue weighted by Gasteiger charge is 2.51. The number of fused-ring (bicyclic) bond motifs is 1. The van der Waals surface area contributed by atoms with E-state index in [4.69, 9.17) is 0 Å². The van der Waals surface area contributed by atoms with E-state index in [9.17, 15) is 18.0 Å². The van der Waals surface area contributed by atoms with E-state index in [1.54, 1.807) is 0 Å². The van der Waals surface area contributed by atoms with Crippen LogP contribution in [0, 0.1) is 11.8 Å². The molecule has 4 rings (SSSR count). The Morgan fingerprint density at radius 3 is 2.38 bits per heavy atom. The number of carbonyl (C=O) groups excluding carboxylic acids is 2. The third-order valence-corrected chi connectivity index (χ3v) is 7.57. The second kappa shape index (κ2) is 6.66. The fourth-order valence-electron chi connectivity index (χ4n) is 4.19. The zero-order valence-electron chi connectivity index (χ0n) is 14.5. The molecule has 3 fully saturated rings. The van der Waals surface area contributed by atoms with E-state index < -0.39 is 10.0 Å². The van der Waals surface area contributed by atoms with Gasteiger partial charge in [0.05, 0.1) is 11.4 Å². The molecule has 2 N–H and O–H groups in total. The first-order valence-corrected chi connectivity index (χ1v) is 10.6. The lowest BCUT2D eigenvalue weighted by Crippen LogP contribution is -2.49. The monoisotopic (exact) mass is 377 g/mol. The molecule has 0 aromatic heterocycles. The molecule has 0 bridgehead atoms. The van der Waals surface area contributed by atoms with Gasteiger partial charge < -0.3 is 10.6 Å². The molecule has 1 saturated heterocycles. The van der Waals surface area contributed by atoms with Crippen LogP contribution >= 0.6 is 0 Å². The Hall–Kier alpha value is -1.93. The molecule has 3 aliphatic rings. The number of benzene rings is 1. The molecule has 1 aromatic rings. The minimum absolute atomic E-state index is 0.101. The molecule has 26 heavy (non-hydrogen) atoms. The van der Waals surface area contributed by atoms with Gasteiger partial charge in [0.2, 0.25) is 15.9 Å². The maximum Gasteiger partial charge on any atom is 0.251 e. The summed E-state index contributed by atoms with van der Waals surface area (Å²) in [5.74, 6) is 0.794. The van der Waals surface area contributed by atoms with Crippen LogP contribution in [-0.2, 0) is 14.8 Å². The Kier molecular flexibility index (Phi) is 4.48. The molecule has 140 valence electrons. The van der Waals surface area contributed by atoms with E-state index in [2.05, 4.69) is 10.6 Å². The van der Waals surface area contributed by atoms with E-state index >= 15 is 0 Å². The third kappa shape index (κ3) is 3.23. The number of piperazine rings is 1. The van der Waals surface area contributed by atoms with Crippen molar-refractivity contribution in [2.75, 3.05) is 19.6 Å². The van der Waals surface area contributed by atoms with Crippen LogP contribution < -0.4 is 10.6 Å². The fraction of sp³-hybridized carbons (Fsp3) is 0.556. The molecular weight excluding hydrogens is 354 g/mol. The Morgan fingerprint density at radius 1 is 1.12 bits per heavy atom. The Balaban J connectivity index is 1.43. The van der Waals surface area contributed by atoms with Crippen molar-refractivity contribution < 1.29 is 18.0 Å². The highest BCUT2D eigenvalue weighted by molar-refractivity contribution is 7.89. The topological polar surface area (TPSA) is 95.6 Å². The largest absolute Gasteiger partial charge is 0.354 e. The fourth-order valence-corrected chi connectivity index (χ4v) is 5.59. The first-order chi connectivity index (χ1) is 12.5. The molecule has 2 amide bonds. The van der Waals surface area contributed by atoms with Gasteiger partial charge in [0.1, 0.15) is 0 Å². The molecular formula is C18H23N3O4S. The first kappa shape index (κ1) is 17.5. The highest BCUT2D eigenvalue weighted by Crippen LogP contribution is 2.49. The average molecular weight is 377 g/mol. The first-order valence-electron chi connectivity index (χ1n) is 9.14. The van der Waals surface area contributed by atoms with Crippen LogP contribution in [0.4, 0.5) is 0 Å². The van der Waals surface area contributed by atoms with Crippen LogP contribution in [0.5, 0.6) is 0 Å². The van der Waals surface area contributed by atoms with Gasteiger partial charge in [-0.15, -0.1) is 0 Å². The quantitative estimate of drug-likeness (QED) is 0.808. The summed E-state index contributed by atoms with van der Waals surface area (Å²) in [6.45, 7) is 0.387. The molecule has 2 unspecified atom stereocenters. The van der Waals surface area contributed by atoms with Crippen LogP contribution in [0.2, 0.25) is 0 Å². The van der Waals surface area contributed by atoms with Gasteiger partial charge in [0.25, 0.3) is 5.91 Å². The summed E-state index contributed by atoms with van der Waals surface area (Å²) in [5.41, 5.74) is 0.462. The minimum Gasteiger partial charge on any atom is -0.354 e. The van der Waals surface area contributed by atoms with Crippen LogP contribution in [0.15, 0.2) is 29.2 Å². The number of sulfonamides is 1. The molecule has 2 atom stereocenters. The zero-order chi connectivity index (χ0) is 18.3. The highest BCUT2D eigenvalue weighted by atomic mass is 32.2. The summed E-state index contributed by atoms with van der Waals surface area (Å²) >= 11 is 0. The van der Waals surface area contributed by atoms with Gasteiger partial charge in [-0.05, 0) is 48.9 Å². The van der Waals surface area contributed by atoms with Gasteiger partial charge in [0, 0.05) is 24.7 Å². The summed E-state index contributed by atoms with van der Waals surface area (Å²) in [6.07, 6.45) is 4.87. The number of rotatable bonds is 4. The van der Waals surface area contributed by atoms with Crippen molar-refractivity contribution in [1.29, 1.82) is 0 Å². The number of nitrogens with zero attached hydrogens (tertiary/aromatic N) is 1. The molecule has 7 nitrogen and oxygen atoms in total. The van der Waals surface area contributed by atoms with Gasteiger partial charge in [-0.2, -0.15) is 4.31 Å². The Labute approximate surface area is 153 Å². The maximum atomic E-state index is 12.6. The molecule has 2 saturated carbocycles. The summed E-state index contributed by atoms with van der Waals surface area (Å²) < 4.78 is 26.4. The average Bonchev–Trinajstić information content (AvgIpc) is 3.34. The lowest BCUT2D eigenvalue weighted by atomic mass is 10.0. The van der Waals surface area contributed by atoms with Gasteiger partial charge in [-0.25, -0.2) is 8.42 Å².